The number of rotatable bonds is 5. The molecule has 0 radical (unpaired) electrons. The fourth-order valence-electron chi connectivity index (χ4n) is 3.60. The van der Waals surface area contributed by atoms with Crippen LogP contribution in [-0.2, 0) is 6.54 Å². The third-order valence-corrected chi connectivity index (χ3v) is 6.27. The minimum Gasteiger partial charge on any atom is -0.338 e. The van der Waals surface area contributed by atoms with Gasteiger partial charge in [-0.3, -0.25) is 4.79 Å². The first-order chi connectivity index (χ1) is 13.1. The number of hydrogen-bond acceptors (Lipinski definition) is 6. The molecular weight excluding hydrogens is 360 g/mol. The molecule has 1 unspecified atom stereocenters. The Bertz CT molecular complexity index is 962. The Balaban J connectivity index is 1.56. The number of carbonyl (C=O) groups is 1. The van der Waals surface area contributed by atoms with E-state index in [2.05, 4.69) is 23.8 Å². The van der Waals surface area contributed by atoms with Crippen molar-refractivity contribution in [1.29, 1.82) is 0 Å². The van der Waals surface area contributed by atoms with Gasteiger partial charge in [-0.25, -0.2) is 14.6 Å². The van der Waals surface area contributed by atoms with Gasteiger partial charge in [0, 0.05) is 48.2 Å². The Morgan fingerprint density at radius 1 is 1.37 bits per heavy atom. The first kappa shape index (κ1) is 18.1. The highest BCUT2D eigenvalue weighted by atomic mass is 32.1. The van der Waals surface area contributed by atoms with Gasteiger partial charge < -0.3 is 10.6 Å². The van der Waals surface area contributed by atoms with Crippen LogP contribution in [0.5, 0.6) is 0 Å². The zero-order valence-corrected chi connectivity index (χ0v) is 16.4. The molecule has 27 heavy (non-hydrogen) atoms. The summed E-state index contributed by atoms with van der Waals surface area (Å²) in [6.45, 7) is 6.81. The third kappa shape index (κ3) is 3.35. The summed E-state index contributed by atoms with van der Waals surface area (Å²) >= 11 is 1.66. The van der Waals surface area contributed by atoms with Crippen molar-refractivity contribution in [3.05, 3.63) is 40.0 Å². The molecule has 7 nitrogen and oxygen atoms in total. The molecule has 3 aromatic rings. The van der Waals surface area contributed by atoms with Gasteiger partial charge in [0.2, 0.25) is 0 Å². The number of amides is 1. The van der Waals surface area contributed by atoms with Gasteiger partial charge in [0.1, 0.15) is 5.52 Å². The largest absolute Gasteiger partial charge is 0.338 e. The number of thiophene rings is 1. The second-order valence-corrected chi connectivity index (χ2v) is 8.20. The lowest BCUT2D eigenvalue weighted by Crippen LogP contribution is -2.28. The maximum atomic E-state index is 12.9. The maximum Gasteiger partial charge on any atom is 0.254 e. The van der Waals surface area contributed by atoms with Crippen molar-refractivity contribution < 1.29 is 4.79 Å². The van der Waals surface area contributed by atoms with Gasteiger partial charge in [-0.05, 0) is 18.4 Å². The highest BCUT2D eigenvalue weighted by Crippen LogP contribution is 2.32. The number of hydrogen-bond donors (Lipinski definition) is 1. The molecule has 1 fully saturated rings. The molecule has 142 valence electrons. The Morgan fingerprint density at radius 2 is 2.19 bits per heavy atom. The van der Waals surface area contributed by atoms with E-state index < -0.39 is 0 Å². The van der Waals surface area contributed by atoms with Crippen LogP contribution in [0.3, 0.4) is 0 Å². The zero-order chi connectivity index (χ0) is 19.0. The highest BCUT2D eigenvalue weighted by molar-refractivity contribution is 7.10. The van der Waals surface area contributed by atoms with E-state index in [0.29, 0.717) is 25.6 Å². The lowest BCUT2D eigenvalue weighted by molar-refractivity contribution is 0.0791. The van der Waals surface area contributed by atoms with E-state index in [0.717, 1.165) is 35.4 Å². The van der Waals surface area contributed by atoms with Crippen molar-refractivity contribution >= 4 is 28.4 Å². The lowest BCUT2D eigenvalue weighted by Gasteiger charge is -2.15. The van der Waals surface area contributed by atoms with E-state index >= 15 is 0 Å². The first-order valence-electron chi connectivity index (χ1n) is 9.33. The zero-order valence-electron chi connectivity index (χ0n) is 15.6. The Morgan fingerprint density at radius 3 is 2.93 bits per heavy atom. The van der Waals surface area contributed by atoms with Gasteiger partial charge in [-0.1, -0.05) is 13.8 Å². The van der Waals surface area contributed by atoms with Crippen LogP contribution in [0.15, 0.2) is 23.8 Å². The molecule has 0 saturated carbocycles. The van der Waals surface area contributed by atoms with Crippen LogP contribution in [0.4, 0.5) is 0 Å². The van der Waals surface area contributed by atoms with Gasteiger partial charge in [0.25, 0.3) is 5.91 Å². The van der Waals surface area contributed by atoms with Crippen molar-refractivity contribution in [1.82, 2.24) is 24.6 Å². The smallest absolute Gasteiger partial charge is 0.254 e. The summed E-state index contributed by atoms with van der Waals surface area (Å²) in [4.78, 5) is 25.0. The Hall–Kier alpha value is -2.32. The third-order valence-electron chi connectivity index (χ3n) is 5.03. The van der Waals surface area contributed by atoms with Gasteiger partial charge in [-0.2, -0.15) is 5.10 Å². The fraction of sp³-hybridized carbons (Fsp3) is 0.474. The molecule has 1 aliphatic heterocycles. The van der Waals surface area contributed by atoms with E-state index in [-0.39, 0.29) is 11.8 Å². The summed E-state index contributed by atoms with van der Waals surface area (Å²) < 4.78 is 1.83. The lowest BCUT2D eigenvalue weighted by atomic mass is 10.0. The molecule has 0 aliphatic carbocycles. The quantitative estimate of drug-likeness (QED) is 0.730. The maximum absolute atomic E-state index is 12.9. The fourth-order valence-corrected chi connectivity index (χ4v) is 4.50. The SMILES string of the molecule is CC(C)c1cc(C(=O)N2CCC(c3nn(CCN)c4nccnc34)C2)cs1. The predicted octanol–water partition coefficient (Wildman–Crippen LogP) is 2.60. The first-order valence-corrected chi connectivity index (χ1v) is 10.2. The van der Waals surface area contributed by atoms with E-state index in [9.17, 15) is 4.79 Å². The van der Waals surface area contributed by atoms with Gasteiger partial charge in [0.05, 0.1) is 17.8 Å². The summed E-state index contributed by atoms with van der Waals surface area (Å²) in [5.41, 5.74) is 9.01. The number of carbonyl (C=O) groups excluding carboxylic acids is 1. The molecule has 1 saturated heterocycles. The second-order valence-electron chi connectivity index (χ2n) is 7.25. The van der Waals surface area contributed by atoms with Crippen LogP contribution in [0, 0.1) is 0 Å². The van der Waals surface area contributed by atoms with Crippen LogP contribution in [-0.4, -0.2) is 50.2 Å². The van der Waals surface area contributed by atoms with Crippen LogP contribution in [0.2, 0.25) is 0 Å². The molecule has 1 atom stereocenters. The van der Waals surface area contributed by atoms with E-state index in [4.69, 9.17) is 10.8 Å². The molecule has 0 aromatic carbocycles. The summed E-state index contributed by atoms with van der Waals surface area (Å²) in [7, 11) is 0. The molecule has 4 rings (SSSR count). The van der Waals surface area contributed by atoms with Gasteiger partial charge in [-0.15, -0.1) is 11.3 Å². The molecule has 0 spiro atoms. The number of likely N-dealkylation sites (tertiary alicyclic amines) is 1. The molecule has 1 amide bonds. The molecule has 0 bridgehead atoms. The van der Waals surface area contributed by atoms with Crippen LogP contribution < -0.4 is 5.73 Å². The van der Waals surface area contributed by atoms with Crippen LogP contribution in [0.1, 0.15) is 53.0 Å². The van der Waals surface area contributed by atoms with E-state index in [1.165, 1.54) is 4.88 Å². The molecule has 8 heteroatoms. The minimum absolute atomic E-state index is 0.109. The Kier molecular flexibility index (Phi) is 4.92. The van der Waals surface area contributed by atoms with E-state index in [1.807, 2.05) is 21.0 Å². The molecule has 4 heterocycles. The normalized spacial score (nSPS) is 17.3. The average Bonchev–Trinajstić information content (AvgIpc) is 3.40. The number of nitrogens with two attached hydrogens (primary N) is 1. The van der Waals surface area contributed by atoms with Crippen molar-refractivity contribution in [2.24, 2.45) is 5.73 Å². The number of nitrogens with zero attached hydrogens (tertiary/aromatic N) is 5. The summed E-state index contributed by atoms with van der Waals surface area (Å²) in [5.74, 6) is 0.729. The average molecular weight is 385 g/mol. The van der Waals surface area contributed by atoms with Gasteiger partial charge in [0.15, 0.2) is 5.65 Å². The standard InChI is InChI=1S/C19H24N6OS/c1-12(2)15-9-14(11-27-15)19(26)24-7-3-13(10-24)16-17-18(22-6-5-21-17)25(23-16)8-4-20/h5-6,9,11-13H,3-4,7-8,10,20H2,1-2H3. The Labute approximate surface area is 162 Å². The molecular formula is C19H24N6OS. The van der Waals surface area contributed by atoms with Crippen molar-refractivity contribution in [3.63, 3.8) is 0 Å². The summed E-state index contributed by atoms with van der Waals surface area (Å²) in [6.07, 6.45) is 4.25. The predicted molar refractivity (Wildman–Crippen MR) is 106 cm³/mol. The summed E-state index contributed by atoms with van der Waals surface area (Å²) in [6, 6.07) is 2.03. The number of aromatic nitrogens is 4. The number of fused-ring (bicyclic) bond motifs is 1. The van der Waals surface area contributed by atoms with Gasteiger partial charge >= 0.3 is 0 Å². The van der Waals surface area contributed by atoms with Crippen LogP contribution >= 0.6 is 11.3 Å². The topological polar surface area (TPSA) is 89.9 Å². The monoisotopic (exact) mass is 384 g/mol. The highest BCUT2D eigenvalue weighted by Gasteiger charge is 2.32. The van der Waals surface area contributed by atoms with Crippen molar-refractivity contribution in [3.8, 4) is 0 Å². The van der Waals surface area contributed by atoms with Crippen molar-refractivity contribution in [2.75, 3.05) is 19.6 Å². The van der Waals surface area contributed by atoms with Crippen LogP contribution in [0.25, 0.3) is 11.2 Å². The second kappa shape index (κ2) is 7.36. The van der Waals surface area contributed by atoms with E-state index in [1.54, 1.807) is 23.7 Å². The molecule has 2 N–H and O–H groups in total. The molecule has 3 aromatic heterocycles. The van der Waals surface area contributed by atoms with Crippen molar-refractivity contribution in [2.45, 2.75) is 38.6 Å². The molecule has 1 aliphatic rings. The summed E-state index contributed by atoms with van der Waals surface area (Å²) in [5, 5.41) is 6.70. The minimum atomic E-state index is 0.109.